The molecule has 0 atom stereocenters. The third kappa shape index (κ3) is 3.09. The van der Waals surface area contributed by atoms with Gasteiger partial charge in [0.2, 0.25) is 0 Å². The highest BCUT2D eigenvalue weighted by Crippen LogP contribution is 2.33. The number of hydrogen-bond donors (Lipinski definition) is 1. The van der Waals surface area contributed by atoms with Crippen molar-refractivity contribution in [2.24, 2.45) is 0 Å². The Morgan fingerprint density at radius 2 is 1.92 bits per heavy atom. The topological polar surface area (TPSA) is 72.8 Å². The van der Waals surface area contributed by atoms with Gasteiger partial charge in [0.25, 0.3) is 0 Å². The lowest BCUT2D eigenvalue weighted by Gasteiger charge is -2.11. The molecule has 0 bridgehead atoms. The molecule has 4 heterocycles. The summed E-state index contributed by atoms with van der Waals surface area (Å²) in [6.45, 7) is 3.94. The number of aromatic nitrogens is 4. The summed E-state index contributed by atoms with van der Waals surface area (Å²) >= 11 is 1.55. The van der Waals surface area contributed by atoms with Crippen LogP contribution in [0.3, 0.4) is 0 Å². The van der Waals surface area contributed by atoms with Gasteiger partial charge < -0.3 is 10.1 Å². The molecule has 26 heavy (non-hydrogen) atoms. The Morgan fingerprint density at radius 3 is 2.69 bits per heavy atom. The molecular formula is C19H17N5OS. The van der Waals surface area contributed by atoms with E-state index < -0.39 is 0 Å². The van der Waals surface area contributed by atoms with E-state index in [1.54, 1.807) is 30.8 Å². The van der Waals surface area contributed by atoms with Crippen molar-refractivity contribution in [1.29, 1.82) is 0 Å². The highest BCUT2D eigenvalue weighted by Gasteiger charge is 2.13. The first kappa shape index (κ1) is 16.4. The minimum Gasteiger partial charge on any atom is -0.495 e. The van der Waals surface area contributed by atoms with Gasteiger partial charge in [0, 0.05) is 40.0 Å². The normalized spacial score (nSPS) is 10.9. The highest BCUT2D eigenvalue weighted by atomic mass is 32.1. The van der Waals surface area contributed by atoms with Gasteiger partial charge in [0.1, 0.15) is 11.3 Å². The molecule has 0 saturated heterocycles. The number of methoxy groups -OCH3 is 1. The van der Waals surface area contributed by atoms with E-state index in [9.17, 15) is 0 Å². The van der Waals surface area contributed by atoms with Crippen molar-refractivity contribution in [3.8, 4) is 16.9 Å². The molecule has 130 valence electrons. The van der Waals surface area contributed by atoms with Gasteiger partial charge in [-0.15, -0.1) is 11.3 Å². The van der Waals surface area contributed by atoms with E-state index in [2.05, 4.69) is 26.3 Å². The molecule has 0 unspecified atom stereocenters. The zero-order chi connectivity index (χ0) is 18.1. The number of ether oxygens (including phenoxy) is 1. The molecule has 0 aromatic carbocycles. The Bertz CT molecular complexity index is 1090. The van der Waals surface area contributed by atoms with Gasteiger partial charge in [0.15, 0.2) is 10.9 Å². The van der Waals surface area contributed by atoms with Crippen molar-refractivity contribution >= 4 is 33.2 Å². The minimum atomic E-state index is 0.692. The monoisotopic (exact) mass is 363 g/mol. The number of anilines is 2. The number of nitrogens with zero attached hydrogens (tertiary/aromatic N) is 4. The maximum atomic E-state index is 5.29. The molecule has 0 spiro atoms. The Kier molecular flexibility index (Phi) is 4.22. The van der Waals surface area contributed by atoms with Crippen LogP contribution in [-0.4, -0.2) is 27.0 Å². The van der Waals surface area contributed by atoms with E-state index in [0.29, 0.717) is 11.6 Å². The lowest BCUT2D eigenvalue weighted by molar-refractivity contribution is 0.413. The van der Waals surface area contributed by atoms with Crippen molar-refractivity contribution in [2.45, 2.75) is 13.8 Å². The van der Waals surface area contributed by atoms with Gasteiger partial charge in [-0.3, -0.25) is 4.98 Å². The molecule has 6 nitrogen and oxygen atoms in total. The number of aryl methyl sites for hydroxylation is 2. The zero-order valence-electron chi connectivity index (χ0n) is 14.6. The standard InChI is InChI=1S/C19H17N5OS/c1-11-4-5-15-16(13-6-14(25-3)8-20-7-13)9-21-18(17(15)22-11)24-19-23-12(2)10-26-19/h4-10H,1-3H3,(H,21,23,24). The molecule has 4 aromatic heterocycles. The first-order chi connectivity index (χ1) is 12.6. The number of fused-ring (bicyclic) bond motifs is 1. The predicted molar refractivity (Wildman–Crippen MR) is 104 cm³/mol. The average molecular weight is 363 g/mol. The SMILES string of the molecule is COc1cncc(-c2cnc(Nc3nc(C)cs3)c3nc(C)ccc23)c1. The van der Waals surface area contributed by atoms with Crippen LogP contribution >= 0.6 is 11.3 Å². The second-order valence-electron chi connectivity index (χ2n) is 5.90. The molecule has 0 fully saturated rings. The molecule has 4 rings (SSSR count). The molecule has 0 aliphatic rings. The van der Waals surface area contributed by atoms with E-state index in [4.69, 9.17) is 9.72 Å². The molecule has 0 amide bonds. The van der Waals surface area contributed by atoms with Crippen molar-refractivity contribution < 1.29 is 4.74 Å². The van der Waals surface area contributed by atoms with Gasteiger partial charge in [-0.05, 0) is 26.0 Å². The van der Waals surface area contributed by atoms with Crippen LogP contribution in [0.5, 0.6) is 5.75 Å². The van der Waals surface area contributed by atoms with Crippen LogP contribution in [-0.2, 0) is 0 Å². The molecule has 1 N–H and O–H groups in total. The van der Waals surface area contributed by atoms with E-state index in [-0.39, 0.29) is 0 Å². The van der Waals surface area contributed by atoms with Crippen LogP contribution in [0.4, 0.5) is 10.9 Å². The zero-order valence-corrected chi connectivity index (χ0v) is 15.5. The molecular weight excluding hydrogens is 346 g/mol. The summed E-state index contributed by atoms with van der Waals surface area (Å²) in [6.07, 6.45) is 5.32. The van der Waals surface area contributed by atoms with Crippen molar-refractivity contribution in [3.63, 3.8) is 0 Å². The van der Waals surface area contributed by atoms with Crippen LogP contribution < -0.4 is 10.1 Å². The lowest BCUT2D eigenvalue weighted by Crippen LogP contribution is -1.98. The van der Waals surface area contributed by atoms with Crippen LogP contribution in [0.2, 0.25) is 0 Å². The van der Waals surface area contributed by atoms with E-state index in [0.717, 1.165) is 38.5 Å². The van der Waals surface area contributed by atoms with Crippen LogP contribution in [0.1, 0.15) is 11.4 Å². The van der Waals surface area contributed by atoms with E-state index in [1.807, 2.05) is 37.6 Å². The van der Waals surface area contributed by atoms with Gasteiger partial charge >= 0.3 is 0 Å². The van der Waals surface area contributed by atoms with E-state index >= 15 is 0 Å². The van der Waals surface area contributed by atoms with Crippen molar-refractivity contribution in [3.05, 3.63) is 53.6 Å². The molecule has 0 radical (unpaired) electrons. The number of hydrogen-bond acceptors (Lipinski definition) is 7. The summed E-state index contributed by atoms with van der Waals surface area (Å²) in [5.41, 5.74) is 4.60. The smallest absolute Gasteiger partial charge is 0.188 e. The molecule has 0 saturated carbocycles. The average Bonchev–Trinajstić information content (AvgIpc) is 3.07. The predicted octanol–water partition coefficient (Wildman–Crippen LogP) is 4.52. The Morgan fingerprint density at radius 1 is 1.04 bits per heavy atom. The fourth-order valence-electron chi connectivity index (χ4n) is 2.73. The van der Waals surface area contributed by atoms with E-state index in [1.165, 1.54) is 0 Å². The third-order valence-corrected chi connectivity index (χ3v) is 4.85. The number of thiazole rings is 1. The Hall–Kier alpha value is -3.06. The van der Waals surface area contributed by atoms with Crippen LogP contribution in [0.15, 0.2) is 42.2 Å². The van der Waals surface area contributed by atoms with Crippen LogP contribution in [0, 0.1) is 13.8 Å². The van der Waals surface area contributed by atoms with Crippen LogP contribution in [0.25, 0.3) is 22.0 Å². The summed E-state index contributed by atoms with van der Waals surface area (Å²) in [4.78, 5) is 18.0. The first-order valence-corrected chi connectivity index (χ1v) is 8.97. The summed E-state index contributed by atoms with van der Waals surface area (Å²) in [6, 6.07) is 6.00. The maximum absolute atomic E-state index is 5.29. The molecule has 0 aliphatic heterocycles. The summed E-state index contributed by atoms with van der Waals surface area (Å²) < 4.78 is 5.29. The second-order valence-corrected chi connectivity index (χ2v) is 6.76. The highest BCUT2D eigenvalue weighted by molar-refractivity contribution is 7.13. The molecule has 0 aliphatic carbocycles. The first-order valence-electron chi connectivity index (χ1n) is 8.09. The summed E-state index contributed by atoms with van der Waals surface area (Å²) in [5.74, 6) is 1.40. The largest absolute Gasteiger partial charge is 0.495 e. The Labute approximate surface area is 155 Å². The number of rotatable bonds is 4. The van der Waals surface area contributed by atoms with Gasteiger partial charge in [-0.2, -0.15) is 0 Å². The molecule has 7 heteroatoms. The second kappa shape index (κ2) is 6.68. The van der Waals surface area contributed by atoms with Crippen molar-refractivity contribution in [2.75, 3.05) is 12.4 Å². The number of pyridine rings is 3. The third-order valence-electron chi connectivity index (χ3n) is 3.98. The maximum Gasteiger partial charge on any atom is 0.188 e. The lowest BCUT2D eigenvalue weighted by atomic mass is 10.0. The van der Waals surface area contributed by atoms with Gasteiger partial charge in [0.05, 0.1) is 19.0 Å². The summed E-state index contributed by atoms with van der Waals surface area (Å²) in [5, 5.41) is 7.09. The molecule has 4 aromatic rings. The van der Waals surface area contributed by atoms with Gasteiger partial charge in [-0.25, -0.2) is 15.0 Å². The quantitative estimate of drug-likeness (QED) is 0.575. The summed E-state index contributed by atoms with van der Waals surface area (Å²) in [7, 11) is 1.63. The minimum absolute atomic E-state index is 0.692. The van der Waals surface area contributed by atoms with Gasteiger partial charge in [-0.1, -0.05) is 6.07 Å². The van der Waals surface area contributed by atoms with Crippen molar-refractivity contribution in [1.82, 2.24) is 19.9 Å². The Balaban J connectivity index is 1.87. The fraction of sp³-hybridized carbons (Fsp3) is 0.158. The number of nitrogens with one attached hydrogen (secondary N) is 1. The fourth-order valence-corrected chi connectivity index (χ4v) is 3.41.